The van der Waals surface area contributed by atoms with Crippen LogP contribution in [0.4, 0.5) is 0 Å². The van der Waals surface area contributed by atoms with Gasteiger partial charge in [0.1, 0.15) is 6.10 Å². The summed E-state index contributed by atoms with van der Waals surface area (Å²) < 4.78 is 5.95. The molecule has 0 saturated heterocycles. The number of carbonyl (C=O) groups is 3. The molecule has 0 spiro atoms. The average molecular weight is 908 g/mol. The van der Waals surface area contributed by atoms with Gasteiger partial charge in [-0.2, -0.15) is 11.8 Å². The number of carboxylic acids is 1. The third-order valence-electron chi connectivity index (χ3n) is 18.2. The van der Waals surface area contributed by atoms with Gasteiger partial charge >= 0.3 is 35.5 Å². The summed E-state index contributed by atoms with van der Waals surface area (Å²) in [7, 11) is 0. The number of fused-ring (bicyclic) bond motifs is 7. The summed E-state index contributed by atoms with van der Waals surface area (Å²) in [6, 6.07) is 0. The summed E-state index contributed by atoms with van der Waals surface area (Å²) >= 11 is 1.91. The molecule has 6 nitrogen and oxygen atoms in total. The summed E-state index contributed by atoms with van der Waals surface area (Å²) in [5, 5.41) is 14.3. The van der Waals surface area contributed by atoms with Crippen LogP contribution in [0.3, 0.4) is 0 Å². The van der Waals surface area contributed by atoms with Gasteiger partial charge < -0.3 is 20.0 Å². The number of esters is 1. The van der Waals surface area contributed by atoms with Crippen LogP contribution in [0.1, 0.15) is 186 Å². The summed E-state index contributed by atoms with van der Waals surface area (Å²) in [4.78, 5) is 37.6. The number of carbonyl (C=O) groups excluding carboxylic acids is 3. The fraction of sp³-hybridized carbons (Fsp3) is 0.732. The largest absolute Gasteiger partial charge is 1.00 e. The van der Waals surface area contributed by atoms with Crippen LogP contribution >= 0.6 is 11.8 Å². The Morgan fingerprint density at radius 3 is 2.00 bits per heavy atom. The van der Waals surface area contributed by atoms with Crippen molar-refractivity contribution in [2.75, 3.05) is 18.1 Å². The fourth-order valence-corrected chi connectivity index (χ4v) is 14.6. The Morgan fingerprint density at radius 2 is 1.38 bits per heavy atom. The van der Waals surface area contributed by atoms with Crippen LogP contribution in [0.25, 0.3) is 0 Å². The second kappa shape index (κ2) is 22.5. The van der Waals surface area contributed by atoms with E-state index in [2.05, 4.69) is 119 Å². The third-order valence-corrected chi connectivity index (χ3v) is 19.1. The van der Waals surface area contributed by atoms with E-state index >= 15 is 0 Å². The summed E-state index contributed by atoms with van der Waals surface area (Å²) in [6.45, 7) is 28.9. The van der Waals surface area contributed by atoms with Gasteiger partial charge in [0.2, 0.25) is 5.91 Å². The number of rotatable bonds is 18. The van der Waals surface area contributed by atoms with Crippen molar-refractivity contribution in [3.63, 3.8) is 0 Å². The maximum absolute atomic E-state index is 14.1. The van der Waals surface area contributed by atoms with Gasteiger partial charge in [-0.15, -0.1) is 0 Å². The molecule has 0 aromatic carbocycles. The second-order valence-corrected chi connectivity index (χ2v) is 24.2. The number of amides is 1. The molecule has 1 amide bonds. The second-order valence-electron chi connectivity index (χ2n) is 23.1. The van der Waals surface area contributed by atoms with Crippen LogP contribution < -0.4 is 40.0 Å². The molecule has 352 valence electrons. The van der Waals surface area contributed by atoms with Crippen molar-refractivity contribution < 1.29 is 53.8 Å². The minimum absolute atomic E-state index is 0. The molecule has 0 aromatic rings. The summed E-state index contributed by atoms with van der Waals surface area (Å²) in [6.07, 6.45) is 30.9. The molecule has 2 unspecified atom stereocenters. The SMILES string of the molecule is CC(C)=CCC/C(C)=C/CC/C(C)=C/CC/C(C)=C/CSCCNC(=O)[C@]1(C)CC[C@]2(C)CC[C@]3(C)C(=CCC4[C@@]5(C)CC[C@H](OC(=O)/C=C/C(=O)[O-])C(C)(C)C5CC[C@]43C)[C@H]2C1.[Na+]. The van der Waals surface area contributed by atoms with Gasteiger partial charge in [0, 0.05) is 35.0 Å². The van der Waals surface area contributed by atoms with Gasteiger partial charge in [0.05, 0.1) is 5.97 Å². The molecular formula is C56H86NNaO5S. The maximum atomic E-state index is 14.1. The van der Waals surface area contributed by atoms with E-state index in [4.69, 9.17) is 4.74 Å². The van der Waals surface area contributed by atoms with Crippen molar-refractivity contribution in [2.24, 2.45) is 50.2 Å². The van der Waals surface area contributed by atoms with E-state index in [1.54, 1.807) is 5.57 Å². The number of allylic oxidation sites excluding steroid dienone is 9. The normalized spacial score (nSPS) is 34.8. The molecule has 9 atom stereocenters. The number of hydrogen-bond acceptors (Lipinski definition) is 6. The molecule has 1 N–H and O–H groups in total. The zero-order chi connectivity index (χ0) is 46.4. The molecule has 4 fully saturated rings. The van der Waals surface area contributed by atoms with E-state index in [1.165, 1.54) is 35.1 Å². The zero-order valence-electron chi connectivity index (χ0n) is 42.7. The molecule has 0 aromatic heterocycles. The van der Waals surface area contributed by atoms with Gasteiger partial charge in [-0.05, 0) is 183 Å². The van der Waals surface area contributed by atoms with E-state index in [9.17, 15) is 19.5 Å². The number of nitrogens with one attached hydrogen (secondary N) is 1. The molecule has 5 aliphatic carbocycles. The third kappa shape index (κ3) is 12.3. The molecule has 0 bridgehead atoms. The van der Waals surface area contributed by atoms with Crippen LogP contribution in [0.15, 0.2) is 70.4 Å². The van der Waals surface area contributed by atoms with E-state index < -0.39 is 11.9 Å². The Kier molecular flexibility index (Phi) is 19.3. The fourth-order valence-electron chi connectivity index (χ4n) is 13.8. The Morgan fingerprint density at radius 1 is 0.766 bits per heavy atom. The standard InChI is InChI=1S/C56H87NO5S.Na/c1-39(2)16-13-17-40(3)18-14-19-41(4)20-15-21-42(5)28-36-63-37-35-57-50(61)53(9)32-31-52(8)33-34-55(11)43(44(52)38-53)22-23-46-54(10)29-27-47(62-49(60)25-24-48(58)59)51(6,7)45(54)26-30-56(46,55)12;/h16,18,20,22,24-25,28,44-47H,13-15,17,19,21,23,26-27,29-38H2,1-12H3,(H,57,61)(H,58,59);/q;+1/p-1/b25-24+,40-18+,41-20+,42-28+;/t44-,45?,46?,47+,52-,53-,54+,55-,56-;/m1./s1. The van der Waals surface area contributed by atoms with Crippen LogP contribution in [-0.4, -0.2) is 42.0 Å². The first-order valence-electron chi connectivity index (χ1n) is 24.8. The van der Waals surface area contributed by atoms with Crippen molar-refractivity contribution >= 4 is 29.6 Å². The Bertz CT molecular complexity index is 1870. The van der Waals surface area contributed by atoms with E-state index in [1.807, 2.05) is 11.8 Å². The predicted molar refractivity (Wildman–Crippen MR) is 262 cm³/mol. The van der Waals surface area contributed by atoms with Gasteiger partial charge in [-0.1, -0.05) is 107 Å². The summed E-state index contributed by atoms with van der Waals surface area (Å²) in [5.74, 6) is 1.47. The van der Waals surface area contributed by atoms with Gasteiger partial charge in [0.15, 0.2) is 0 Å². The zero-order valence-corrected chi connectivity index (χ0v) is 45.6. The van der Waals surface area contributed by atoms with Gasteiger partial charge in [-0.3, -0.25) is 4.79 Å². The average Bonchev–Trinajstić information content (AvgIpc) is 3.20. The molecular weight excluding hydrogens is 822 g/mol. The molecule has 5 aliphatic rings. The number of ether oxygens (including phenoxy) is 1. The maximum Gasteiger partial charge on any atom is 1.00 e. The van der Waals surface area contributed by atoms with Crippen molar-refractivity contribution in [3.8, 4) is 0 Å². The van der Waals surface area contributed by atoms with Crippen molar-refractivity contribution in [2.45, 2.75) is 192 Å². The van der Waals surface area contributed by atoms with Crippen molar-refractivity contribution in [3.05, 3.63) is 70.4 Å². The van der Waals surface area contributed by atoms with Crippen molar-refractivity contribution in [1.29, 1.82) is 0 Å². The van der Waals surface area contributed by atoms with Crippen LogP contribution in [-0.2, 0) is 19.1 Å². The molecule has 8 heteroatoms. The van der Waals surface area contributed by atoms with Gasteiger partial charge in [-0.25, -0.2) is 4.79 Å². The topological polar surface area (TPSA) is 95.5 Å². The molecule has 64 heavy (non-hydrogen) atoms. The van der Waals surface area contributed by atoms with E-state index in [-0.39, 0.29) is 74.1 Å². The number of hydrogen-bond donors (Lipinski definition) is 1. The Balaban J connectivity index is 0.00000898. The quantitative estimate of drug-likeness (QED) is 0.0484. The predicted octanol–water partition coefficient (Wildman–Crippen LogP) is 10.0. The van der Waals surface area contributed by atoms with E-state index in [0.29, 0.717) is 24.3 Å². The first kappa shape index (κ1) is 54.8. The van der Waals surface area contributed by atoms with Crippen molar-refractivity contribution in [1.82, 2.24) is 5.32 Å². The Hall–Kier alpha value is -1.80. The van der Waals surface area contributed by atoms with Crippen LogP contribution in [0, 0.1) is 50.2 Å². The molecule has 0 aliphatic heterocycles. The van der Waals surface area contributed by atoms with E-state index in [0.717, 1.165) is 114 Å². The number of aliphatic carboxylic acids is 1. The minimum atomic E-state index is -1.39. The summed E-state index contributed by atoms with van der Waals surface area (Å²) in [5.41, 5.74) is 7.41. The van der Waals surface area contributed by atoms with Crippen LogP contribution in [0.5, 0.6) is 0 Å². The number of carboxylic acid groups (broad SMARTS) is 1. The molecule has 0 radical (unpaired) electrons. The molecule has 5 rings (SSSR count). The Labute approximate surface area is 416 Å². The molecule has 0 heterocycles. The number of thioether (sulfide) groups is 1. The smallest absolute Gasteiger partial charge is 0.545 e. The monoisotopic (exact) mass is 908 g/mol. The minimum Gasteiger partial charge on any atom is -0.545 e. The van der Waals surface area contributed by atoms with Gasteiger partial charge in [0.25, 0.3) is 0 Å². The molecule has 4 saturated carbocycles. The van der Waals surface area contributed by atoms with Crippen LogP contribution in [0.2, 0.25) is 0 Å². The first-order valence-corrected chi connectivity index (χ1v) is 25.9. The first-order chi connectivity index (χ1) is 29.5.